The Kier molecular flexibility index (Phi) is 3.64. The SMILES string of the molecule is O=C1[C@H]2[C@@H](c3ccc(Cl)cc3)N3CCCN3[C@H]2C(=O)N1c1ccccc1. The molecule has 2 aromatic rings. The molecule has 0 aliphatic carbocycles. The molecule has 3 fully saturated rings. The summed E-state index contributed by atoms with van der Waals surface area (Å²) >= 11 is 6.04. The van der Waals surface area contributed by atoms with E-state index in [0.29, 0.717) is 10.7 Å². The number of anilines is 1. The minimum Gasteiger partial charge on any atom is -0.274 e. The van der Waals surface area contributed by atoms with Crippen LogP contribution in [-0.4, -0.2) is 41.0 Å². The summed E-state index contributed by atoms with van der Waals surface area (Å²) in [5.41, 5.74) is 1.68. The number of hydrogen-bond acceptors (Lipinski definition) is 4. The molecule has 2 amide bonds. The largest absolute Gasteiger partial charge is 0.274 e. The van der Waals surface area contributed by atoms with Crippen molar-refractivity contribution in [2.24, 2.45) is 5.92 Å². The molecule has 0 spiro atoms. The van der Waals surface area contributed by atoms with Crippen LogP contribution in [0.5, 0.6) is 0 Å². The van der Waals surface area contributed by atoms with Gasteiger partial charge >= 0.3 is 0 Å². The molecule has 6 heteroatoms. The van der Waals surface area contributed by atoms with Gasteiger partial charge in [0.15, 0.2) is 0 Å². The van der Waals surface area contributed by atoms with Crippen LogP contribution in [0, 0.1) is 5.92 Å². The number of benzene rings is 2. The average molecular weight is 368 g/mol. The van der Waals surface area contributed by atoms with Gasteiger partial charge in [-0.05, 0) is 36.2 Å². The summed E-state index contributed by atoms with van der Waals surface area (Å²) in [6.07, 6.45) is 1.00. The number of hydrogen-bond donors (Lipinski definition) is 0. The number of fused-ring (bicyclic) bond motifs is 3. The number of carbonyl (C=O) groups excluding carboxylic acids is 2. The number of nitrogens with zero attached hydrogens (tertiary/aromatic N) is 3. The molecule has 3 aliphatic heterocycles. The van der Waals surface area contributed by atoms with Crippen molar-refractivity contribution in [2.75, 3.05) is 18.0 Å². The normalized spacial score (nSPS) is 28.7. The topological polar surface area (TPSA) is 43.9 Å². The fourth-order valence-corrected chi connectivity index (χ4v) is 4.73. The Morgan fingerprint density at radius 3 is 2.15 bits per heavy atom. The van der Waals surface area contributed by atoms with Crippen molar-refractivity contribution < 1.29 is 9.59 Å². The van der Waals surface area contributed by atoms with Crippen LogP contribution in [0.2, 0.25) is 5.02 Å². The molecule has 0 bridgehead atoms. The highest BCUT2D eigenvalue weighted by Crippen LogP contribution is 2.48. The molecule has 0 radical (unpaired) electrons. The van der Waals surface area contributed by atoms with Crippen LogP contribution < -0.4 is 4.90 Å². The van der Waals surface area contributed by atoms with Crippen LogP contribution in [0.4, 0.5) is 5.69 Å². The van der Waals surface area contributed by atoms with E-state index in [4.69, 9.17) is 11.6 Å². The first kappa shape index (κ1) is 16.0. The van der Waals surface area contributed by atoms with Gasteiger partial charge < -0.3 is 0 Å². The third-order valence-electron chi connectivity index (χ3n) is 5.63. The Morgan fingerprint density at radius 1 is 0.808 bits per heavy atom. The molecule has 3 saturated heterocycles. The molecule has 3 atom stereocenters. The molecule has 0 saturated carbocycles. The van der Waals surface area contributed by atoms with E-state index in [-0.39, 0.29) is 23.8 Å². The van der Waals surface area contributed by atoms with Crippen LogP contribution in [0.3, 0.4) is 0 Å². The predicted octanol–water partition coefficient (Wildman–Crippen LogP) is 2.88. The van der Waals surface area contributed by atoms with E-state index >= 15 is 0 Å². The Labute approximate surface area is 156 Å². The second-order valence-electron chi connectivity index (χ2n) is 6.99. The van der Waals surface area contributed by atoms with Gasteiger partial charge in [-0.2, -0.15) is 0 Å². The summed E-state index contributed by atoms with van der Waals surface area (Å²) in [6.45, 7) is 1.68. The molecule has 3 heterocycles. The monoisotopic (exact) mass is 367 g/mol. The maximum atomic E-state index is 13.3. The summed E-state index contributed by atoms with van der Waals surface area (Å²) in [6, 6.07) is 16.3. The Morgan fingerprint density at radius 2 is 1.46 bits per heavy atom. The summed E-state index contributed by atoms with van der Waals surface area (Å²) in [5, 5.41) is 4.98. The second kappa shape index (κ2) is 5.91. The van der Waals surface area contributed by atoms with Crippen LogP contribution in [0.25, 0.3) is 0 Å². The molecule has 26 heavy (non-hydrogen) atoms. The maximum absolute atomic E-state index is 13.3. The van der Waals surface area contributed by atoms with E-state index in [9.17, 15) is 9.59 Å². The molecular weight excluding hydrogens is 350 g/mol. The Bertz CT molecular complexity index is 870. The summed E-state index contributed by atoms with van der Waals surface area (Å²) in [4.78, 5) is 27.9. The van der Waals surface area contributed by atoms with E-state index in [1.165, 1.54) is 4.90 Å². The Balaban J connectivity index is 1.59. The minimum atomic E-state index is -0.411. The molecule has 3 aliphatic rings. The molecule has 5 nitrogen and oxygen atoms in total. The van der Waals surface area contributed by atoms with E-state index in [1.807, 2.05) is 54.6 Å². The fraction of sp³-hybridized carbons (Fsp3) is 0.300. The van der Waals surface area contributed by atoms with Gasteiger partial charge in [0, 0.05) is 18.1 Å². The van der Waals surface area contributed by atoms with Crippen molar-refractivity contribution in [1.29, 1.82) is 0 Å². The third kappa shape index (κ3) is 2.18. The standard InChI is InChI=1S/C20H18ClN3O2/c21-14-9-7-13(8-10-14)17-16-18(23-12-4-11-22(17)23)20(26)24(19(16)25)15-5-2-1-3-6-15/h1-3,5-10,16-18H,4,11-12H2/t16-,17+,18+/m0/s1. The molecule has 2 aromatic carbocycles. The zero-order chi connectivity index (χ0) is 17.8. The summed E-state index contributed by atoms with van der Waals surface area (Å²) in [5.74, 6) is -0.612. The van der Waals surface area contributed by atoms with Crippen molar-refractivity contribution in [3.63, 3.8) is 0 Å². The highest BCUT2D eigenvalue weighted by Gasteiger charge is 2.62. The van der Waals surface area contributed by atoms with Gasteiger partial charge in [-0.1, -0.05) is 41.9 Å². The van der Waals surface area contributed by atoms with Crippen molar-refractivity contribution in [1.82, 2.24) is 10.0 Å². The lowest BCUT2D eigenvalue weighted by molar-refractivity contribution is -0.126. The van der Waals surface area contributed by atoms with E-state index < -0.39 is 6.04 Å². The van der Waals surface area contributed by atoms with Crippen LogP contribution in [0.1, 0.15) is 18.0 Å². The lowest BCUT2D eigenvalue weighted by Crippen LogP contribution is -2.44. The number of amides is 2. The van der Waals surface area contributed by atoms with E-state index in [1.54, 1.807) is 0 Å². The molecule has 132 valence electrons. The van der Waals surface area contributed by atoms with Gasteiger partial charge in [-0.25, -0.2) is 14.9 Å². The quantitative estimate of drug-likeness (QED) is 0.766. The lowest BCUT2D eigenvalue weighted by Gasteiger charge is -2.29. The van der Waals surface area contributed by atoms with Crippen molar-refractivity contribution in [3.8, 4) is 0 Å². The predicted molar refractivity (Wildman–Crippen MR) is 98.4 cm³/mol. The first-order chi connectivity index (χ1) is 12.7. The Hall–Kier alpha value is -2.21. The lowest BCUT2D eigenvalue weighted by atomic mass is 9.90. The van der Waals surface area contributed by atoms with E-state index in [2.05, 4.69) is 10.0 Å². The summed E-state index contributed by atoms with van der Waals surface area (Å²) in [7, 11) is 0. The molecule has 5 rings (SSSR count). The van der Waals surface area contributed by atoms with Crippen LogP contribution >= 0.6 is 11.6 Å². The van der Waals surface area contributed by atoms with E-state index in [0.717, 1.165) is 25.1 Å². The number of imide groups is 1. The van der Waals surface area contributed by atoms with Gasteiger partial charge in [-0.3, -0.25) is 9.59 Å². The van der Waals surface area contributed by atoms with Crippen molar-refractivity contribution >= 4 is 29.1 Å². The van der Waals surface area contributed by atoms with Crippen molar-refractivity contribution in [3.05, 3.63) is 65.2 Å². The zero-order valence-corrected chi connectivity index (χ0v) is 14.8. The van der Waals surface area contributed by atoms with Gasteiger partial charge in [0.05, 0.1) is 17.6 Å². The van der Waals surface area contributed by atoms with Crippen LogP contribution in [0.15, 0.2) is 54.6 Å². The summed E-state index contributed by atoms with van der Waals surface area (Å²) < 4.78 is 0. The van der Waals surface area contributed by atoms with Gasteiger partial charge in [0.25, 0.3) is 5.91 Å². The molecule has 0 N–H and O–H groups in total. The highest BCUT2D eigenvalue weighted by atomic mass is 35.5. The van der Waals surface area contributed by atoms with Gasteiger partial charge in [-0.15, -0.1) is 0 Å². The number of halogens is 1. The number of rotatable bonds is 2. The number of carbonyl (C=O) groups is 2. The first-order valence-corrected chi connectivity index (χ1v) is 9.26. The zero-order valence-electron chi connectivity index (χ0n) is 14.1. The van der Waals surface area contributed by atoms with Crippen LogP contribution in [-0.2, 0) is 9.59 Å². The average Bonchev–Trinajstić information content (AvgIpc) is 3.29. The first-order valence-electron chi connectivity index (χ1n) is 8.88. The molecule has 0 aromatic heterocycles. The number of para-hydroxylation sites is 1. The second-order valence-corrected chi connectivity index (χ2v) is 7.43. The van der Waals surface area contributed by atoms with Gasteiger partial charge in [0.1, 0.15) is 6.04 Å². The highest BCUT2D eigenvalue weighted by molar-refractivity contribution is 6.30. The molecule has 0 unspecified atom stereocenters. The molecular formula is C20H18ClN3O2. The fourth-order valence-electron chi connectivity index (χ4n) is 4.60. The minimum absolute atomic E-state index is 0.111. The smallest absolute Gasteiger partial charge is 0.253 e. The maximum Gasteiger partial charge on any atom is 0.253 e. The van der Waals surface area contributed by atoms with Gasteiger partial charge in [0.2, 0.25) is 5.91 Å². The number of hydrazine groups is 1. The van der Waals surface area contributed by atoms with Crippen molar-refractivity contribution in [2.45, 2.75) is 18.5 Å². The third-order valence-corrected chi connectivity index (χ3v) is 5.88.